The lowest BCUT2D eigenvalue weighted by atomic mass is 9.92. The van der Waals surface area contributed by atoms with Gasteiger partial charge in [0.2, 0.25) is 0 Å². The van der Waals surface area contributed by atoms with Crippen molar-refractivity contribution >= 4 is 15.9 Å². The number of halogens is 7. The zero-order valence-corrected chi connectivity index (χ0v) is 10.3. The van der Waals surface area contributed by atoms with Gasteiger partial charge in [0.05, 0.1) is 6.04 Å². The van der Waals surface area contributed by atoms with Crippen molar-refractivity contribution in [2.24, 2.45) is 11.7 Å². The number of hydrogen-bond donors (Lipinski definition) is 1. The molecule has 0 bridgehead atoms. The summed E-state index contributed by atoms with van der Waals surface area (Å²) in [5.41, 5.74) is 4.88. The summed E-state index contributed by atoms with van der Waals surface area (Å²) in [5.74, 6) is -3.58. The van der Waals surface area contributed by atoms with E-state index in [-0.39, 0.29) is 5.56 Å². The van der Waals surface area contributed by atoms with Crippen molar-refractivity contribution in [3.05, 3.63) is 34.3 Å². The second kappa shape index (κ2) is 5.08. The Labute approximate surface area is 107 Å². The van der Waals surface area contributed by atoms with Gasteiger partial charge in [-0.25, -0.2) is 0 Å². The van der Waals surface area contributed by atoms with Crippen LogP contribution in [0.5, 0.6) is 0 Å². The van der Waals surface area contributed by atoms with Gasteiger partial charge in [-0.1, -0.05) is 28.1 Å². The van der Waals surface area contributed by atoms with Crippen LogP contribution in [0, 0.1) is 5.92 Å². The fourth-order valence-electron chi connectivity index (χ4n) is 1.47. The molecular formula is C10H8BrF6N. The minimum Gasteiger partial charge on any atom is -0.323 e. The van der Waals surface area contributed by atoms with Crippen molar-refractivity contribution in [1.82, 2.24) is 0 Å². The molecule has 102 valence electrons. The van der Waals surface area contributed by atoms with Crippen LogP contribution in [0.25, 0.3) is 0 Å². The minimum absolute atomic E-state index is 0.224. The molecule has 0 saturated carbocycles. The topological polar surface area (TPSA) is 26.0 Å². The quantitative estimate of drug-likeness (QED) is 0.806. The van der Waals surface area contributed by atoms with Gasteiger partial charge in [-0.2, -0.15) is 26.3 Å². The Morgan fingerprint density at radius 2 is 1.28 bits per heavy atom. The largest absolute Gasteiger partial charge is 0.402 e. The highest BCUT2D eigenvalue weighted by Crippen LogP contribution is 2.45. The third-order valence-electron chi connectivity index (χ3n) is 2.32. The highest BCUT2D eigenvalue weighted by molar-refractivity contribution is 9.10. The van der Waals surface area contributed by atoms with Crippen LogP contribution in [-0.2, 0) is 0 Å². The SMILES string of the molecule is NC(c1ccc(Br)cc1)C(C(F)(F)F)C(F)(F)F. The molecule has 0 heterocycles. The van der Waals surface area contributed by atoms with E-state index in [1.165, 1.54) is 12.1 Å². The first kappa shape index (κ1) is 15.3. The van der Waals surface area contributed by atoms with Crippen LogP contribution in [0.3, 0.4) is 0 Å². The second-order valence-corrected chi connectivity index (χ2v) is 4.55. The van der Waals surface area contributed by atoms with Gasteiger partial charge in [0.1, 0.15) is 0 Å². The Morgan fingerprint density at radius 1 is 0.889 bits per heavy atom. The molecule has 1 atom stereocenters. The number of hydrogen-bond acceptors (Lipinski definition) is 1. The lowest BCUT2D eigenvalue weighted by Gasteiger charge is -2.28. The van der Waals surface area contributed by atoms with Gasteiger partial charge >= 0.3 is 12.4 Å². The fraction of sp³-hybridized carbons (Fsp3) is 0.400. The van der Waals surface area contributed by atoms with Crippen molar-refractivity contribution in [2.45, 2.75) is 18.4 Å². The number of rotatable bonds is 2. The molecule has 0 fully saturated rings. The van der Waals surface area contributed by atoms with Crippen molar-refractivity contribution in [2.75, 3.05) is 0 Å². The van der Waals surface area contributed by atoms with E-state index in [2.05, 4.69) is 15.9 Å². The Bertz CT molecular complexity index is 382. The molecule has 1 aromatic rings. The predicted octanol–water partition coefficient (Wildman–Crippen LogP) is 4.19. The third kappa shape index (κ3) is 3.61. The summed E-state index contributed by atoms with van der Waals surface area (Å²) in [6, 6.07) is 2.73. The standard InChI is InChI=1S/C10H8BrF6N/c11-6-3-1-5(2-4-6)7(18)8(9(12,13)14)10(15,16)17/h1-4,7-8H,18H2. The van der Waals surface area contributed by atoms with E-state index >= 15 is 0 Å². The van der Waals surface area contributed by atoms with Gasteiger partial charge in [-0.15, -0.1) is 0 Å². The van der Waals surface area contributed by atoms with Crippen molar-refractivity contribution in [3.63, 3.8) is 0 Å². The van der Waals surface area contributed by atoms with Crippen molar-refractivity contribution < 1.29 is 26.3 Å². The van der Waals surface area contributed by atoms with Crippen LogP contribution in [0.15, 0.2) is 28.7 Å². The maximum atomic E-state index is 12.4. The van der Waals surface area contributed by atoms with E-state index in [1.54, 1.807) is 0 Å². The summed E-state index contributed by atoms with van der Waals surface area (Å²) >= 11 is 3.03. The van der Waals surface area contributed by atoms with Gasteiger partial charge < -0.3 is 5.73 Å². The molecule has 0 radical (unpaired) electrons. The zero-order valence-electron chi connectivity index (χ0n) is 8.69. The zero-order chi connectivity index (χ0) is 14.1. The summed E-state index contributed by atoms with van der Waals surface area (Å²) in [7, 11) is 0. The molecule has 2 N–H and O–H groups in total. The fourth-order valence-corrected chi connectivity index (χ4v) is 1.73. The van der Waals surface area contributed by atoms with E-state index < -0.39 is 24.3 Å². The van der Waals surface area contributed by atoms with Crippen LogP contribution >= 0.6 is 15.9 Å². The van der Waals surface area contributed by atoms with E-state index in [0.717, 1.165) is 12.1 Å². The lowest BCUT2D eigenvalue weighted by Crippen LogP contribution is -2.43. The molecule has 0 aliphatic rings. The lowest BCUT2D eigenvalue weighted by molar-refractivity contribution is -0.290. The van der Waals surface area contributed by atoms with Crippen LogP contribution < -0.4 is 5.73 Å². The van der Waals surface area contributed by atoms with Crippen LogP contribution in [0.2, 0.25) is 0 Å². The molecule has 1 rings (SSSR count). The summed E-state index contributed by atoms with van der Waals surface area (Å²) in [4.78, 5) is 0. The first-order chi connectivity index (χ1) is 8.03. The summed E-state index contributed by atoms with van der Waals surface area (Å²) in [6.07, 6.45) is -10.9. The van der Waals surface area contributed by atoms with Crippen LogP contribution in [-0.4, -0.2) is 12.4 Å². The second-order valence-electron chi connectivity index (χ2n) is 3.64. The molecule has 0 saturated heterocycles. The molecule has 0 aromatic heterocycles. The van der Waals surface area contributed by atoms with Gasteiger partial charge in [-0.3, -0.25) is 0 Å². The number of alkyl halides is 6. The van der Waals surface area contributed by atoms with E-state index in [4.69, 9.17) is 5.73 Å². The van der Waals surface area contributed by atoms with Crippen LogP contribution in [0.4, 0.5) is 26.3 Å². The molecule has 8 heteroatoms. The summed E-state index contributed by atoms with van der Waals surface area (Å²) in [5, 5.41) is 0. The van der Waals surface area contributed by atoms with Gasteiger partial charge in [0.15, 0.2) is 5.92 Å². The molecule has 1 unspecified atom stereocenters. The van der Waals surface area contributed by atoms with Crippen LogP contribution in [0.1, 0.15) is 11.6 Å². The molecule has 0 spiro atoms. The van der Waals surface area contributed by atoms with E-state index in [9.17, 15) is 26.3 Å². The molecular weight excluding hydrogens is 328 g/mol. The summed E-state index contributed by atoms with van der Waals surface area (Å²) in [6.45, 7) is 0. The Balaban J connectivity index is 3.11. The molecule has 18 heavy (non-hydrogen) atoms. The first-order valence-electron chi connectivity index (χ1n) is 4.68. The van der Waals surface area contributed by atoms with Gasteiger partial charge in [-0.05, 0) is 17.7 Å². The molecule has 0 amide bonds. The maximum absolute atomic E-state index is 12.4. The molecule has 1 aromatic carbocycles. The Morgan fingerprint density at radius 3 is 1.61 bits per heavy atom. The minimum atomic E-state index is -5.44. The van der Waals surface area contributed by atoms with Gasteiger partial charge in [0.25, 0.3) is 0 Å². The third-order valence-corrected chi connectivity index (χ3v) is 2.85. The average Bonchev–Trinajstić information content (AvgIpc) is 2.13. The number of benzene rings is 1. The summed E-state index contributed by atoms with van der Waals surface area (Å²) < 4.78 is 75.1. The predicted molar refractivity (Wildman–Crippen MR) is 56.7 cm³/mol. The monoisotopic (exact) mass is 335 g/mol. The maximum Gasteiger partial charge on any atom is 0.402 e. The smallest absolute Gasteiger partial charge is 0.323 e. The van der Waals surface area contributed by atoms with Crippen molar-refractivity contribution in [1.29, 1.82) is 0 Å². The van der Waals surface area contributed by atoms with Gasteiger partial charge in [0, 0.05) is 4.47 Å². The molecule has 1 nitrogen and oxygen atoms in total. The van der Waals surface area contributed by atoms with E-state index in [0.29, 0.717) is 4.47 Å². The first-order valence-corrected chi connectivity index (χ1v) is 5.47. The highest BCUT2D eigenvalue weighted by Gasteiger charge is 2.59. The average molecular weight is 336 g/mol. The normalized spacial score (nSPS) is 14.9. The highest BCUT2D eigenvalue weighted by atomic mass is 79.9. The van der Waals surface area contributed by atoms with E-state index in [1.807, 2.05) is 0 Å². The molecule has 0 aliphatic heterocycles. The number of nitrogens with two attached hydrogens (primary N) is 1. The Hall–Kier alpha value is -0.760. The van der Waals surface area contributed by atoms with Crippen molar-refractivity contribution in [3.8, 4) is 0 Å². The Kier molecular flexibility index (Phi) is 4.32. The molecule has 0 aliphatic carbocycles.